The van der Waals surface area contributed by atoms with Gasteiger partial charge in [-0.2, -0.15) is 0 Å². The van der Waals surface area contributed by atoms with Crippen LogP contribution in [0.1, 0.15) is 29.2 Å². The van der Waals surface area contributed by atoms with Gasteiger partial charge in [0.05, 0.1) is 0 Å². The molecule has 0 aromatic heterocycles. The van der Waals surface area contributed by atoms with Crippen LogP contribution in [0, 0.1) is 20.8 Å². The Morgan fingerprint density at radius 1 is 0.895 bits per heavy atom. The summed E-state index contributed by atoms with van der Waals surface area (Å²) in [5, 5.41) is 3.42. The third kappa shape index (κ3) is 3.24. The second-order valence-electron chi connectivity index (χ2n) is 5.24. The molecular weight excluding hydrogens is 230 g/mol. The van der Waals surface area contributed by atoms with Crippen molar-refractivity contribution >= 4 is 0 Å². The third-order valence-corrected chi connectivity index (χ3v) is 3.65. The van der Waals surface area contributed by atoms with Crippen molar-refractivity contribution < 1.29 is 0 Å². The minimum Gasteiger partial charge on any atom is -0.313 e. The topological polar surface area (TPSA) is 12.0 Å². The summed E-state index contributed by atoms with van der Waals surface area (Å²) in [7, 11) is 0. The lowest BCUT2D eigenvalue weighted by Gasteiger charge is -2.13. The van der Waals surface area contributed by atoms with Gasteiger partial charge < -0.3 is 5.32 Å². The van der Waals surface area contributed by atoms with Crippen LogP contribution in [0.3, 0.4) is 0 Å². The van der Waals surface area contributed by atoms with E-state index in [0.717, 1.165) is 13.1 Å². The van der Waals surface area contributed by atoms with E-state index in [1.165, 1.54) is 33.4 Å². The van der Waals surface area contributed by atoms with Crippen molar-refractivity contribution in [1.82, 2.24) is 5.32 Å². The molecule has 0 heterocycles. The Labute approximate surface area is 116 Å². The number of rotatable bonds is 4. The van der Waals surface area contributed by atoms with Crippen molar-refractivity contribution in [3.05, 3.63) is 58.7 Å². The minimum absolute atomic E-state index is 0.930. The summed E-state index contributed by atoms with van der Waals surface area (Å²) >= 11 is 0. The highest BCUT2D eigenvalue weighted by Gasteiger charge is 2.06. The molecule has 0 saturated carbocycles. The molecule has 0 amide bonds. The zero-order valence-electron chi connectivity index (χ0n) is 12.4. The fourth-order valence-electron chi connectivity index (χ4n) is 2.28. The summed E-state index contributed by atoms with van der Waals surface area (Å²) in [4.78, 5) is 0. The van der Waals surface area contributed by atoms with Crippen molar-refractivity contribution in [2.45, 2.75) is 34.2 Å². The highest BCUT2D eigenvalue weighted by molar-refractivity contribution is 5.69. The summed E-state index contributed by atoms with van der Waals surface area (Å²) in [6.45, 7) is 10.6. The molecule has 0 saturated heterocycles. The fraction of sp³-hybridized carbons (Fsp3) is 0.333. The molecule has 2 rings (SSSR count). The molecule has 1 heteroatoms. The molecule has 0 atom stereocenters. The van der Waals surface area contributed by atoms with Gasteiger partial charge in [-0.1, -0.05) is 48.9 Å². The molecule has 0 aliphatic carbocycles. The van der Waals surface area contributed by atoms with E-state index in [1.807, 2.05) is 0 Å². The Balaban J connectivity index is 2.46. The zero-order valence-corrected chi connectivity index (χ0v) is 12.4. The standard InChI is InChI=1S/C18H23N/c1-5-19-12-17-8-6-13(2)10-18(17)16-9-7-14(3)15(4)11-16/h6-11,19H,5,12H2,1-4H3. The van der Waals surface area contributed by atoms with Crippen LogP contribution >= 0.6 is 0 Å². The predicted octanol–water partition coefficient (Wildman–Crippen LogP) is 4.39. The normalized spacial score (nSPS) is 10.7. The Kier molecular flexibility index (Phi) is 4.39. The molecule has 0 spiro atoms. The van der Waals surface area contributed by atoms with E-state index in [4.69, 9.17) is 0 Å². The number of benzene rings is 2. The van der Waals surface area contributed by atoms with Gasteiger partial charge in [0.2, 0.25) is 0 Å². The summed E-state index contributed by atoms with van der Waals surface area (Å²) in [5.41, 5.74) is 8.06. The van der Waals surface area contributed by atoms with Crippen LogP contribution in [-0.2, 0) is 6.54 Å². The van der Waals surface area contributed by atoms with Crippen LogP contribution in [0.15, 0.2) is 36.4 Å². The maximum Gasteiger partial charge on any atom is 0.0211 e. The average molecular weight is 253 g/mol. The monoisotopic (exact) mass is 253 g/mol. The highest BCUT2D eigenvalue weighted by atomic mass is 14.8. The quantitative estimate of drug-likeness (QED) is 0.852. The maximum atomic E-state index is 3.42. The Morgan fingerprint density at radius 2 is 1.68 bits per heavy atom. The summed E-state index contributed by atoms with van der Waals surface area (Å²) in [6, 6.07) is 13.5. The third-order valence-electron chi connectivity index (χ3n) is 3.65. The Hall–Kier alpha value is -1.60. The lowest BCUT2D eigenvalue weighted by Crippen LogP contribution is -2.12. The first kappa shape index (κ1) is 13.8. The molecule has 0 aliphatic heterocycles. The average Bonchev–Trinajstić information content (AvgIpc) is 2.40. The summed E-state index contributed by atoms with van der Waals surface area (Å²) in [6.07, 6.45) is 0. The van der Waals surface area contributed by atoms with Gasteiger partial charge in [0.15, 0.2) is 0 Å². The molecular formula is C18H23N. The van der Waals surface area contributed by atoms with Crippen molar-refractivity contribution in [3.63, 3.8) is 0 Å². The fourth-order valence-corrected chi connectivity index (χ4v) is 2.28. The van der Waals surface area contributed by atoms with E-state index >= 15 is 0 Å². The van der Waals surface area contributed by atoms with Crippen LogP contribution in [0.5, 0.6) is 0 Å². The maximum absolute atomic E-state index is 3.42. The Bertz CT molecular complexity index is 570. The second-order valence-corrected chi connectivity index (χ2v) is 5.24. The first-order valence-corrected chi connectivity index (χ1v) is 6.99. The van der Waals surface area contributed by atoms with Gasteiger partial charge in [-0.25, -0.2) is 0 Å². The van der Waals surface area contributed by atoms with Crippen LogP contribution in [0.2, 0.25) is 0 Å². The SMILES string of the molecule is CCNCc1ccc(C)cc1-c1ccc(C)c(C)c1. The van der Waals surface area contributed by atoms with E-state index in [-0.39, 0.29) is 0 Å². The Morgan fingerprint density at radius 3 is 2.37 bits per heavy atom. The van der Waals surface area contributed by atoms with Gasteiger partial charge in [0, 0.05) is 6.54 Å². The van der Waals surface area contributed by atoms with E-state index in [0.29, 0.717) is 0 Å². The van der Waals surface area contributed by atoms with Gasteiger partial charge >= 0.3 is 0 Å². The predicted molar refractivity (Wildman–Crippen MR) is 83.5 cm³/mol. The van der Waals surface area contributed by atoms with Crippen molar-refractivity contribution in [2.75, 3.05) is 6.54 Å². The summed E-state index contributed by atoms with van der Waals surface area (Å²) < 4.78 is 0. The second kappa shape index (κ2) is 6.03. The smallest absolute Gasteiger partial charge is 0.0211 e. The number of nitrogens with one attached hydrogen (secondary N) is 1. The van der Waals surface area contributed by atoms with E-state index in [2.05, 4.69) is 69.4 Å². The molecule has 0 unspecified atom stereocenters. The molecule has 0 bridgehead atoms. The first-order valence-electron chi connectivity index (χ1n) is 6.99. The van der Waals surface area contributed by atoms with Gasteiger partial charge in [-0.15, -0.1) is 0 Å². The molecule has 1 nitrogen and oxygen atoms in total. The van der Waals surface area contributed by atoms with Gasteiger partial charge in [-0.3, -0.25) is 0 Å². The minimum atomic E-state index is 0.930. The summed E-state index contributed by atoms with van der Waals surface area (Å²) in [5.74, 6) is 0. The number of aryl methyl sites for hydroxylation is 3. The molecule has 2 aromatic carbocycles. The largest absolute Gasteiger partial charge is 0.313 e. The number of hydrogen-bond acceptors (Lipinski definition) is 1. The molecule has 0 aliphatic rings. The molecule has 0 fully saturated rings. The van der Waals surface area contributed by atoms with Crippen molar-refractivity contribution in [1.29, 1.82) is 0 Å². The lowest BCUT2D eigenvalue weighted by atomic mass is 9.95. The van der Waals surface area contributed by atoms with Crippen molar-refractivity contribution in [3.8, 4) is 11.1 Å². The van der Waals surface area contributed by atoms with Crippen LogP contribution < -0.4 is 5.32 Å². The van der Waals surface area contributed by atoms with Crippen LogP contribution in [0.4, 0.5) is 0 Å². The molecule has 100 valence electrons. The van der Waals surface area contributed by atoms with Gasteiger partial charge in [-0.05, 0) is 55.1 Å². The molecule has 19 heavy (non-hydrogen) atoms. The van der Waals surface area contributed by atoms with Crippen LogP contribution in [-0.4, -0.2) is 6.54 Å². The van der Waals surface area contributed by atoms with Crippen molar-refractivity contribution in [2.24, 2.45) is 0 Å². The first-order chi connectivity index (χ1) is 9.11. The van der Waals surface area contributed by atoms with Gasteiger partial charge in [0.1, 0.15) is 0 Å². The molecule has 1 N–H and O–H groups in total. The lowest BCUT2D eigenvalue weighted by molar-refractivity contribution is 0.728. The van der Waals surface area contributed by atoms with E-state index in [1.54, 1.807) is 0 Å². The van der Waals surface area contributed by atoms with Gasteiger partial charge in [0.25, 0.3) is 0 Å². The zero-order chi connectivity index (χ0) is 13.8. The van der Waals surface area contributed by atoms with E-state index < -0.39 is 0 Å². The molecule has 0 radical (unpaired) electrons. The number of hydrogen-bond donors (Lipinski definition) is 1. The van der Waals surface area contributed by atoms with E-state index in [9.17, 15) is 0 Å². The van der Waals surface area contributed by atoms with Crippen LogP contribution in [0.25, 0.3) is 11.1 Å². The molecule has 2 aromatic rings. The highest BCUT2D eigenvalue weighted by Crippen LogP contribution is 2.27.